The summed E-state index contributed by atoms with van der Waals surface area (Å²) in [7, 11) is 0. The van der Waals surface area contributed by atoms with Crippen molar-refractivity contribution in [2.45, 2.75) is 64.3 Å². The van der Waals surface area contributed by atoms with Gasteiger partial charge in [-0.3, -0.25) is 4.90 Å². The molecular formula is C32H39FN2. The molecule has 3 heteroatoms. The van der Waals surface area contributed by atoms with Gasteiger partial charge in [0.15, 0.2) is 0 Å². The highest BCUT2D eigenvalue weighted by Gasteiger charge is 2.36. The average Bonchev–Trinajstić information content (AvgIpc) is 2.89. The van der Waals surface area contributed by atoms with Crippen molar-refractivity contribution >= 4 is 0 Å². The van der Waals surface area contributed by atoms with E-state index < -0.39 is 5.41 Å². The SMILES string of the molecule is CCC(CCC(C#N)(c1ccc(F)cc1)C(C)C)N(CCc1ccccc1)CCc1ccccc1. The molecule has 0 saturated carbocycles. The minimum atomic E-state index is -0.619. The normalized spacial score (nSPS) is 14.0. The van der Waals surface area contributed by atoms with E-state index in [-0.39, 0.29) is 11.7 Å². The van der Waals surface area contributed by atoms with Crippen LogP contribution in [0.15, 0.2) is 84.9 Å². The monoisotopic (exact) mass is 470 g/mol. The summed E-state index contributed by atoms with van der Waals surface area (Å²) in [6, 6.07) is 30.9. The number of nitrogens with zero attached hydrogens (tertiary/aromatic N) is 2. The van der Waals surface area contributed by atoms with Crippen LogP contribution in [0, 0.1) is 23.1 Å². The van der Waals surface area contributed by atoms with Crippen LogP contribution in [0.2, 0.25) is 0 Å². The zero-order valence-electron chi connectivity index (χ0n) is 21.5. The van der Waals surface area contributed by atoms with Crippen LogP contribution in [0.5, 0.6) is 0 Å². The van der Waals surface area contributed by atoms with Gasteiger partial charge in [0.05, 0.1) is 11.5 Å². The molecule has 2 unspecified atom stereocenters. The van der Waals surface area contributed by atoms with E-state index in [2.05, 4.69) is 92.4 Å². The minimum absolute atomic E-state index is 0.137. The number of halogens is 1. The highest BCUT2D eigenvalue weighted by molar-refractivity contribution is 5.33. The Hall–Kier alpha value is -2.96. The molecule has 0 aromatic heterocycles. The first-order chi connectivity index (χ1) is 17.0. The summed E-state index contributed by atoms with van der Waals surface area (Å²) in [4.78, 5) is 2.62. The van der Waals surface area contributed by atoms with E-state index >= 15 is 0 Å². The van der Waals surface area contributed by atoms with Gasteiger partial charge in [-0.2, -0.15) is 5.26 Å². The summed E-state index contributed by atoms with van der Waals surface area (Å²) in [6.45, 7) is 8.45. The van der Waals surface area contributed by atoms with Crippen LogP contribution in [0.25, 0.3) is 0 Å². The molecule has 0 aliphatic carbocycles. The molecule has 3 aromatic carbocycles. The summed E-state index contributed by atoms with van der Waals surface area (Å²) < 4.78 is 13.6. The fourth-order valence-corrected chi connectivity index (χ4v) is 5.11. The molecule has 0 bridgehead atoms. The molecule has 0 fully saturated rings. The van der Waals surface area contributed by atoms with Crippen LogP contribution in [-0.2, 0) is 18.3 Å². The third-order valence-corrected chi connectivity index (χ3v) is 7.47. The van der Waals surface area contributed by atoms with Gasteiger partial charge in [0.1, 0.15) is 5.82 Å². The summed E-state index contributed by atoms with van der Waals surface area (Å²) in [5.41, 5.74) is 3.01. The molecule has 0 radical (unpaired) electrons. The maximum absolute atomic E-state index is 13.6. The van der Waals surface area contributed by atoms with E-state index in [4.69, 9.17) is 0 Å². The summed E-state index contributed by atoms with van der Waals surface area (Å²) >= 11 is 0. The molecule has 0 amide bonds. The van der Waals surface area contributed by atoms with Gasteiger partial charge >= 0.3 is 0 Å². The number of rotatable bonds is 13. The fraction of sp³-hybridized carbons (Fsp3) is 0.406. The second-order valence-corrected chi connectivity index (χ2v) is 9.85. The highest BCUT2D eigenvalue weighted by Crippen LogP contribution is 2.37. The molecular weight excluding hydrogens is 431 g/mol. The second-order valence-electron chi connectivity index (χ2n) is 9.85. The highest BCUT2D eigenvalue weighted by atomic mass is 19.1. The van der Waals surface area contributed by atoms with Gasteiger partial charge in [-0.1, -0.05) is 93.6 Å². The standard InChI is InChI=1S/C32H39FN2/c1-4-31(19-22-32(25-34,26(2)3)29-15-17-30(33)18-16-29)35(23-20-27-11-7-5-8-12-27)24-21-28-13-9-6-10-14-28/h5-18,26,31H,4,19-24H2,1-3H3. The number of hydrogen-bond donors (Lipinski definition) is 0. The Morgan fingerprint density at radius 2 is 1.34 bits per heavy atom. The smallest absolute Gasteiger partial charge is 0.123 e. The second kappa shape index (κ2) is 13.2. The number of nitriles is 1. The lowest BCUT2D eigenvalue weighted by Gasteiger charge is -2.36. The summed E-state index contributed by atoms with van der Waals surface area (Å²) in [5.74, 6) is -0.124. The van der Waals surface area contributed by atoms with E-state index in [1.807, 2.05) is 0 Å². The van der Waals surface area contributed by atoms with Crippen molar-refractivity contribution in [3.8, 4) is 6.07 Å². The quantitative estimate of drug-likeness (QED) is 0.257. The average molecular weight is 471 g/mol. The van der Waals surface area contributed by atoms with Gasteiger partial charge < -0.3 is 0 Å². The first-order valence-electron chi connectivity index (χ1n) is 13.0. The zero-order valence-corrected chi connectivity index (χ0v) is 21.5. The van der Waals surface area contributed by atoms with E-state index in [9.17, 15) is 9.65 Å². The van der Waals surface area contributed by atoms with Crippen LogP contribution >= 0.6 is 0 Å². The Morgan fingerprint density at radius 1 is 0.829 bits per heavy atom. The van der Waals surface area contributed by atoms with Crippen LogP contribution in [0.1, 0.15) is 56.7 Å². The predicted molar refractivity (Wildman–Crippen MR) is 144 cm³/mol. The van der Waals surface area contributed by atoms with Crippen LogP contribution in [0.4, 0.5) is 4.39 Å². The number of benzene rings is 3. The van der Waals surface area contributed by atoms with Gasteiger partial charge in [-0.05, 0) is 66.8 Å². The van der Waals surface area contributed by atoms with Crippen molar-refractivity contribution in [3.05, 3.63) is 107 Å². The van der Waals surface area contributed by atoms with E-state index in [1.54, 1.807) is 12.1 Å². The molecule has 184 valence electrons. The summed E-state index contributed by atoms with van der Waals surface area (Å²) in [5, 5.41) is 10.3. The predicted octanol–water partition coefficient (Wildman–Crippen LogP) is 7.59. The van der Waals surface area contributed by atoms with Crippen molar-refractivity contribution in [1.29, 1.82) is 5.26 Å². The Labute approximate surface area is 211 Å². The Kier molecular flexibility index (Phi) is 10.1. The van der Waals surface area contributed by atoms with Gasteiger partial charge in [0.25, 0.3) is 0 Å². The largest absolute Gasteiger partial charge is 0.300 e. The molecule has 3 rings (SSSR count). The fourth-order valence-electron chi connectivity index (χ4n) is 5.11. The third-order valence-electron chi connectivity index (χ3n) is 7.47. The number of hydrogen-bond acceptors (Lipinski definition) is 2. The Bertz CT molecular complexity index is 997. The molecule has 0 heterocycles. The molecule has 0 aliphatic heterocycles. The van der Waals surface area contributed by atoms with Crippen molar-refractivity contribution in [2.24, 2.45) is 5.92 Å². The van der Waals surface area contributed by atoms with E-state index in [0.29, 0.717) is 6.04 Å². The molecule has 0 saturated heterocycles. The van der Waals surface area contributed by atoms with E-state index in [1.165, 1.54) is 23.3 Å². The van der Waals surface area contributed by atoms with Gasteiger partial charge in [0, 0.05) is 19.1 Å². The van der Waals surface area contributed by atoms with Crippen LogP contribution in [0.3, 0.4) is 0 Å². The lowest BCUT2D eigenvalue weighted by Crippen LogP contribution is -2.40. The molecule has 35 heavy (non-hydrogen) atoms. The van der Waals surface area contributed by atoms with Crippen molar-refractivity contribution in [1.82, 2.24) is 4.90 Å². The van der Waals surface area contributed by atoms with Gasteiger partial charge in [-0.25, -0.2) is 4.39 Å². The molecule has 2 atom stereocenters. The Morgan fingerprint density at radius 3 is 1.77 bits per heavy atom. The lowest BCUT2D eigenvalue weighted by atomic mass is 9.69. The molecule has 0 aliphatic rings. The maximum atomic E-state index is 13.6. The first-order valence-corrected chi connectivity index (χ1v) is 13.0. The third kappa shape index (κ3) is 7.26. The summed E-state index contributed by atoms with van der Waals surface area (Å²) in [6.07, 6.45) is 4.75. The minimum Gasteiger partial charge on any atom is -0.300 e. The van der Waals surface area contributed by atoms with Crippen molar-refractivity contribution in [3.63, 3.8) is 0 Å². The van der Waals surface area contributed by atoms with Gasteiger partial charge in [0.2, 0.25) is 0 Å². The topological polar surface area (TPSA) is 27.0 Å². The maximum Gasteiger partial charge on any atom is 0.123 e. The van der Waals surface area contributed by atoms with Crippen LogP contribution < -0.4 is 0 Å². The van der Waals surface area contributed by atoms with Gasteiger partial charge in [-0.15, -0.1) is 0 Å². The molecule has 0 spiro atoms. The van der Waals surface area contributed by atoms with Crippen molar-refractivity contribution < 1.29 is 4.39 Å². The van der Waals surface area contributed by atoms with Crippen molar-refractivity contribution in [2.75, 3.05) is 13.1 Å². The first kappa shape index (κ1) is 26.6. The lowest BCUT2D eigenvalue weighted by molar-refractivity contribution is 0.171. The van der Waals surface area contributed by atoms with Crippen LogP contribution in [-0.4, -0.2) is 24.0 Å². The molecule has 0 N–H and O–H groups in total. The molecule has 3 aromatic rings. The zero-order chi connectivity index (χ0) is 25.1. The van der Waals surface area contributed by atoms with E-state index in [0.717, 1.165) is 50.8 Å². The molecule has 2 nitrogen and oxygen atoms in total. The Balaban J connectivity index is 1.78.